The molecule has 1 unspecified atom stereocenters. The molecule has 0 radical (unpaired) electrons. The molecule has 2 fully saturated rings. The van der Waals surface area contributed by atoms with Crippen LogP contribution in [0.1, 0.15) is 38.6 Å². The Morgan fingerprint density at radius 1 is 1.25 bits per heavy atom. The number of hydrogen-bond donors (Lipinski definition) is 1. The van der Waals surface area contributed by atoms with Crippen molar-refractivity contribution in [1.82, 2.24) is 14.9 Å². The van der Waals surface area contributed by atoms with E-state index in [-0.39, 0.29) is 0 Å². The van der Waals surface area contributed by atoms with Crippen molar-refractivity contribution in [2.45, 2.75) is 50.7 Å². The van der Waals surface area contributed by atoms with Crippen molar-refractivity contribution in [3.8, 4) is 6.01 Å². The van der Waals surface area contributed by atoms with E-state index in [2.05, 4.69) is 33.1 Å². The Balaban J connectivity index is 1.78. The normalized spacial score (nSPS) is 28.9. The van der Waals surface area contributed by atoms with Crippen LogP contribution < -0.4 is 10.1 Å². The lowest BCUT2D eigenvalue weighted by Crippen LogP contribution is -2.38. The Labute approximate surface area is 119 Å². The first-order valence-corrected chi connectivity index (χ1v) is 7.71. The summed E-state index contributed by atoms with van der Waals surface area (Å²) in [6, 6.07) is 11.0. The van der Waals surface area contributed by atoms with E-state index in [1.807, 2.05) is 13.0 Å². The summed E-state index contributed by atoms with van der Waals surface area (Å²) in [4.78, 5) is 4.67. The van der Waals surface area contributed by atoms with Gasteiger partial charge in [0.05, 0.1) is 17.6 Å². The van der Waals surface area contributed by atoms with Crippen LogP contribution in [0.2, 0.25) is 0 Å². The van der Waals surface area contributed by atoms with Crippen molar-refractivity contribution in [3.63, 3.8) is 0 Å². The molecule has 106 valence electrons. The molecular weight excluding hydrogens is 250 g/mol. The first-order chi connectivity index (χ1) is 9.85. The van der Waals surface area contributed by atoms with E-state index in [1.54, 1.807) is 0 Å². The Bertz CT molecular complexity index is 609. The number of ether oxygens (including phenoxy) is 1. The minimum absolute atomic E-state index is 0.516. The fraction of sp³-hybridized carbons (Fsp3) is 0.562. The number of rotatable bonds is 3. The van der Waals surface area contributed by atoms with Crippen molar-refractivity contribution in [1.29, 1.82) is 0 Å². The predicted molar refractivity (Wildman–Crippen MR) is 79.1 cm³/mol. The zero-order valence-corrected chi connectivity index (χ0v) is 11.9. The lowest BCUT2D eigenvalue weighted by molar-refractivity contribution is 0.249. The summed E-state index contributed by atoms with van der Waals surface area (Å²) in [5, 5.41) is 3.71. The smallest absolute Gasteiger partial charge is 0.297 e. The third-order valence-corrected chi connectivity index (χ3v) is 4.65. The topological polar surface area (TPSA) is 39.1 Å². The first-order valence-electron chi connectivity index (χ1n) is 7.71. The molecule has 0 aliphatic carbocycles. The standard InChI is InChI=1S/C16H21N3O/c1-2-20-16-18-14-5-3-4-6-15(14)19(16)13-9-11-7-8-12(10-13)17-11/h3-6,11-13,17H,2,7-10H2,1H3/t11-,12+,13?. The van der Waals surface area contributed by atoms with E-state index in [4.69, 9.17) is 4.74 Å². The summed E-state index contributed by atoms with van der Waals surface area (Å²) in [6.45, 7) is 2.69. The molecule has 2 saturated heterocycles. The van der Waals surface area contributed by atoms with Crippen LogP contribution in [0, 0.1) is 0 Å². The fourth-order valence-electron chi connectivity index (χ4n) is 3.84. The zero-order chi connectivity index (χ0) is 13.5. The molecule has 3 atom stereocenters. The summed E-state index contributed by atoms with van der Waals surface area (Å²) >= 11 is 0. The number of hydrogen-bond acceptors (Lipinski definition) is 3. The summed E-state index contributed by atoms with van der Waals surface area (Å²) in [5.41, 5.74) is 2.25. The molecule has 4 rings (SSSR count). The Kier molecular flexibility index (Phi) is 2.91. The molecule has 0 saturated carbocycles. The van der Waals surface area contributed by atoms with Crippen LogP contribution in [-0.4, -0.2) is 28.2 Å². The SMILES string of the molecule is CCOc1nc2ccccc2n1C1C[C@H]2CC[C@@H](C1)N2. The van der Waals surface area contributed by atoms with Crippen LogP contribution in [-0.2, 0) is 0 Å². The molecule has 3 heterocycles. The number of nitrogens with one attached hydrogen (secondary N) is 1. The monoisotopic (exact) mass is 271 g/mol. The van der Waals surface area contributed by atoms with E-state index < -0.39 is 0 Å². The lowest BCUT2D eigenvalue weighted by Gasteiger charge is -2.31. The van der Waals surface area contributed by atoms with Gasteiger partial charge in [-0.25, -0.2) is 0 Å². The van der Waals surface area contributed by atoms with Crippen LogP contribution in [0.3, 0.4) is 0 Å². The second-order valence-corrected chi connectivity index (χ2v) is 5.95. The fourth-order valence-corrected chi connectivity index (χ4v) is 3.84. The molecule has 1 aromatic heterocycles. The highest BCUT2D eigenvalue weighted by Crippen LogP contribution is 2.38. The maximum atomic E-state index is 5.80. The van der Waals surface area contributed by atoms with E-state index in [9.17, 15) is 0 Å². The van der Waals surface area contributed by atoms with E-state index in [0.717, 1.165) is 11.5 Å². The molecule has 4 heteroatoms. The van der Waals surface area contributed by atoms with Crippen LogP contribution in [0.5, 0.6) is 6.01 Å². The van der Waals surface area contributed by atoms with E-state index in [0.29, 0.717) is 24.7 Å². The molecule has 2 aliphatic heterocycles. The number of benzene rings is 1. The van der Waals surface area contributed by atoms with Gasteiger partial charge >= 0.3 is 0 Å². The predicted octanol–water partition coefficient (Wildman–Crippen LogP) is 2.89. The highest BCUT2D eigenvalue weighted by Gasteiger charge is 2.35. The summed E-state index contributed by atoms with van der Waals surface area (Å²) in [5.74, 6) is 0. The third kappa shape index (κ3) is 1.90. The Morgan fingerprint density at radius 2 is 2.00 bits per heavy atom. The number of nitrogens with zero attached hydrogens (tertiary/aromatic N) is 2. The second kappa shape index (κ2) is 4.77. The maximum absolute atomic E-state index is 5.80. The number of imidazole rings is 1. The van der Waals surface area contributed by atoms with Gasteiger partial charge in [0.2, 0.25) is 0 Å². The first kappa shape index (κ1) is 12.2. The second-order valence-electron chi connectivity index (χ2n) is 5.95. The van der Waals surface area contributed by atoms with Crippen LogP contribution >= 0.6 is 0 Å². The number of para-hydroxylation sites is 2. The summed E-state index contributed by atoms with van der Waals surface area (Å²) in [7, 11) is 0. The van der Waals surface area contributed by atoms with E-state index in [1.165, 1.54) is 31.2 Å². The van der Waals surface area contributed by atoms with Crippen molar-refractivity contribution in [2.75, 3.05) is 6.61 Å². The minimum Gasteiger partial charge on any atom is -0.465 e. The van der Waals surface area contributed by atoms with Gasteiger partial charge in [-0.05, 0) is 44.7 Å². The van der Waals surface area contributed by atoms with Gasteiger partial charge in [0.1, 0.15) is 0 Å². The number of aromatic nitrogens is 2. The lowest BCUT2D eigenvalue weighted by atomic mass is 9.99. The highest BCUT2D eigenvalue weighted by atomic mass is 16.5. The molecule has 20 heavy (non-hydrogen) atoms. The average Bonchev–Trinajstić information content (AvgIpc) is 2.99. The molecule has 4 nitrogen and oxygen atoms in total. The number of fused-ring (bicyclic) bond motifs is 3. The quantitative estimate of drug-likeness (QED) is 0.933. The van der Waals surface area contributed by atoms with Gasteiger partial charge in [0.15, 0.2) is 0 Å². The van der Waals surface area contributed by atoms with Crippen molar-refractivity contribution < 1.29 is 4.74 Å². The Hall–Kier alpha value is -1.55. The Morgan fingerprint density at radius 3 is 2.75 bits per heavy atom. The molecule has 0 amide bonds. The molecule has 2 bridgehead atoms. The molecule has 2 aliphatic rings. The van der Waals surface area contributed by atoms with Gasteiger partial charge in [-0.15, -0.1) is 0 Å². The molecular formula is C16H21N3O. The zero-order valence-electron chi connectivity index (χ0n) is 11.9. The van der Waals surface area contributed by atoms with Crippen LogP contribution in [0.15, 0.2) is 24.3 Å². The van der Waals surface area contributed by atoms with Crippen molar-refractivity contribution in [3.05, 3.63) is 24.3 Å². The van der Waals surface area contributed by atoms with Gasteiger partial charge in [-0.3, -0.25) is 4.57 Å². The third-order valence-electron chi connectivity index (χ3n) is 4.65. The van der Waals surface area contributed by atoms with Crippen LogP contribution in [0.4, 0.5) is 0 Å². The summed E-state index contributed by atoms with van der Waals surface area (Å²) in [6.07, 6.45) is 5.02. The summed E-state index contributed by atoms with van der Waals surface area (Å²) < 4.78 is 8.14. The molecule has 1 N–H and O–H groups in total. The molecule has 0 spiro atoms. The number of piperidine rings is 1. The van der Waals surface area contributed by atoms with Crippen molar-refractivity contribution >= 4 is 11.0 Å². The highest BCUT2D eigenvalue weighted by molar-refractivity contribution is 5.76. The van der Waals surface area contributed by atoms with Gasteiger partial charge in [0.25, 0.3) is 6.01 Å². The van der Waals surface area contributed by atoms with Crippen LogP contribution in [0.25, 0.3) is 11.0 Å². The van der Waals surface area contributed by atoms with Crippen molar-refractivity contribution in [2.24, 2.45) is 0 Å². The van der Waals surface area contributed by atoms with Gasteiger partial charge in [-0.1, -0.05) is 12.1 Å². The maximum Gasteiger partial charge on any atom is 0.297 e. The minimum atomic E-state index is 0.516. The largest absolute Gasteiger partial charge is 0.465 e. The van der Waals surface area contributed by atoms with E-state index >= 15 is 0 Å². The van der Waals surface area contributed by atoms with Gasteiger partial charge in [-0.2, -0.15) is 4.98 Å². The molecule has 2 aromatic rings. The van der Waals surface area contributed by atoms with Gasteiger partial charge in [0, 0.05) is 18.1 Å². The molecule has 1 aromatic carbocycles. The average molecular weight is 271 g/mol. The van der Waals surface area contributed by atoms with Gasteiger partial charge < -0.3 is 10.1 Å².